The minimum Gasteiger partial charge on any atom is -0.272 e. The van der Waals surface area contributed by atoms with E-state index in [9.17, 15) is 0 Å². The summed E-state index contributed by atoms with van der Waals surface area (Å²) in [4.78, 5) is 0. The molecule has 0 atom stereocenters. The van der Waals surface area contributed by atoms with Crippen molar-refractivity contribution < 1.29 is 18.9 Å². The first kappa shape index (κ1) is 16.0. The summed E-state index contributed by atoms with van der Waals surface area (Å²) in [6.45, 7) is 14.2. The molecule has 0 aliphatic carbocycles. The van der Waals surface area contributed by atoms with Gasteiger partial charge in [-0.05, 0) is 0 Å². The minimum absolute atomic E-state index is 0. The monoisotopic (exact) mass is 226 g/mol. The van der Waals surface area contributed by atoms with Crippen LogP contribution in [-0.4, -0.2) is 8.80 Å². The quantitative estimate of drug-likeness (QED) is 0.627. The average molecular weight is 226 g/mol. The summed E-state index contributed by atoms with van der Waals surface area (Å²) in [6, 6.07) is 11.0. The Hall–Kier alpha value is 0.0343. The van der Waals surface area contributed by atoms with E-state index < -0.39 is 8.80 Å². The molecule has 0 nitrogen and oxygen atoms in total. The third kappa shape index (κ3) is 4.13. The molecule has 0 heterocycles. The minimum atomic E-state index is -0.553. The van der Waals surface area contributed by atoms with E-state index in [0.29, 0.717) is 10.1 Å². The summed E-state index contributed by atoms with van der Waals surface area (Å²) in [5.74, 6) is 0. The van der Waals surface area contributed by atoms with Crippen molar-refractivity contribution in [3.05, 3.63) is 30.3 Å². The van der Waals surface area contributed by atoms with Gasteiger partial charge in [-0.3, -0.25) is 8.80 Å². The Labute approximate surface area is 115 Å². The summed E-state index contributed by atoms with van der Waals surface area (Å²) >= 11 is 0. The molecule has 1 rings (SSSR count). The van der Waals surface area contributed by atoms with Crippen LogP contribution in [0.4, 0.5) is 0 Å². The SMILES string of the molecule is CC(C)(C)[Si-](c1ccccc1)C(C)(C)C.[Li+]. The first-order chi connectivity index (χ1) is 6.73. The normalized spacial score (nSPS) is 11.9. The molecule has 0 aliphatic rings. The standard InChI is InChI=1S/C14H23Si.Li/c1-13(2,3)15(14(4,5)6)12-10-8-7-9-11-12;/h7-11H,1-6H3;/q-1;+1. The van der Waals surface area contributed by atoms with Crippen LogP contribution in [0.25, 0.3) is 0 Å². The van der Waals surface area contributed by atoms with Crippen molar-refractivity contribution >= 4 is 14.0 Å². The maximum absolute atomic E-state index is 2.37. The maximum Gasteiger partial charge on any atom is 1.00 e. The molecule has 0 saturated carbocycles. The first-order valence-corrected chi connectivity index (χ1v) is 7.16. The Morgan fingerprint density at radius 3 is 1.44 bits per heavy atom. The predicted octanol–water partition coefficient (Wildman–Crippen LogP) is 0.993. The molecular weight excluding hydrogens is 203 g/mol. The van der Waals surface area contributed by atoms with Crippen molar-refractivity contribution in [2.24, 2.45) is 0 Å². The van der Waals surface area contributed by atoms with Gasteiger partial charge in [0.25, 0.3) is 0 Å². The second-order valence-electron chi connectivity index (χ2n) is 6.24. The van der Waals surface area contributed by atoms with Crippen molar-refractivity contribution in [2.45, 2.75) is 51.6 Å². The third-order valence-electron chi connectivity index (χ3n) is 2.56. The molecule has 84 valence electrons. The predicted molar refractivity (Wildman–Crippen MR) is 71.3 cm³/mol. The van der Waals surface area contributed by atoms with Gasteiger partial charge in [-0.2, -0.15) is 15.3 Å². The Balaban J connectivity index is 0.00000225. The van der Waals surface area contributed by atoms with Crippen molar-refractivity contribution in [3.63, 3.8) is 0 Å². The molecule has 0 saturated heterocycles. The molecule has 2 heteroatoms. The fourth-order valence-electron chi connectivity index (χ4n) is 2.60. The largest absolute Gasteiger partial charge is 1.00 e. The van der Waals surface area contributed by atoms with Gasteiger partial charge in [-0.15, -0.1) is 0 Å². The van der Waals surface area contributed by atoms with E-state index in [-0.39, 0.29) is 18.9 Å². The third-order valence-corrected chi connectivity index (χ3v) is 6.47. The molecule has 0 radical (unpaired) electrons. The maximum atomic E-state index is 2.37. The Bertz CT molecular complexity index is 292. The van der Waals surface area contributed by atoms with Gasteiger partial charge in [-0.25, -0.2) is 0 Å². The molecule has 0 bridgehead atoms. The van der Waals surface area contributed by atoms with E-state index >= 15 is 0 Å². The summed E-state index contributed by atoms with van der Waals surface area (Å²) in [5, 5.41) is 2.37. The van der Waals surface area contributed by atoms with Crippen LogP contribution < -0.4 is 24.0 Å². The molecule has 0 aliphatic heterocycles. The zero-order valence-corrected chi connectivity index (χ0v) is 12.9. The van der Waals surface area contributed by atoms with Crippen LogP contribution >= 0.6 is 0 Å². The van der Waals surface area contributed by atoms with E-state index in [1.54, 1.807) is 5.19 Å². The molecule has 0 amide bonds. The topological polar surface area (TPSA) is 0 Å². The van der Waals surface area contributed by atoms with Crippen LogP contribution in [0.2, 0.25) is 10.1 Å². The van der Waals surface area contributed by atoms with Gasteiger partial charge < -0.3 is 0 Å². The van der Waals surface area contributed by atoms with Gasteiger partial charge in [0.1, 0.15) is 0 Å². The zero-order valence-electron chi connectivity index (χ0n) is 11.9. The van der Waals surface area contributed by atoms with Gasteiger partial charge in [0, 0.05) is 0 Å². The van der Waals surface area contributed by atoms with Crippen molar-refractivity contribution in [1.82, 2.24) is 0 Å². The molecule has 0 N–H and O–H groups in total. The van der Waals surface area contributed by atoms with Crippen LogP contribution in [0.15, 0.2) is 30.3 Å². The molecule has 0 fully saturated rings. The number of hydrogen-bond donors (Lipinski definition) is 0. The fraction of sp³-hybridized carbons (Fsp3) is 0.571. The van der Waals surface area contributed by atoms with Crippen LogP contribution in [0.5, 0.6) is 0 Å². The van der Waals surface area contributed by atoms with Gasteiger partial charge in [0.05, 0.1) is 0 Å². The summed E-state index contributed by atoms with van der Waals surface area (Å²) in [5.41, 5.74) is 0. The Morgan fingerprint density at radius 1 is 0.750 bits per heavy atom. The smallest absolute Gasteiger partial charge is 0.272 e. The van der Waals surface area contributed by atoms with Gasteiger partial charge >= 0.3 is 18.9 Å². The van der Waals surface area contributed by atoms with Crippen molar-refractivity contribution in [1.29, 1.82) is 0 Å². The van der Waals surface area contributed by atoms with Crippen molar-refractivity contribution in [3.8, 4) is 0 Å². The molecule has 16 heavy (non-hydrogen) atoms. The molecule has 0 aromatic heterocycles. The summed E-state index contributed by atoms with van der Waals surface area (Å²) in [6.07, 6.45) is 0. The molecule has 0 spiro atoms. The fourth-order valence-corrected chi connectivity index (χ4v) is 7.10. The molecule has 0 unspecified atom stereocenters. The Kier molecular flexibility index (Phi) is 5.59. The first-order valence-electron chi connectivity index (χ1n) is 5.66. The number of hydrogen-bond acceptors (Lipinski definition) is 0. The summed E-state index contributed by atoms with van der Waals surface area (Å²) in [7, 11) is -0.553. The summed E-state index contributed by atoms with van der Waals surface area (Å²) < 4.78 is 0. The van der Waals surface area contributed by atoms with Crippen LogP contribution in [0.3, 0.4) is 0 Å². The van der Waals surface area contributed by atoms with Crippen LogP contribution in [0.1, 0.15) is 41.5 Å². The molecule has 1 aromatic carbocycles. The Morgan fingerprint density at radius 2 is 1.12 bits per heavy atom. The van der Waals surface area contributed by atoms with Crippen LogP contribution in [-0.2, 0) is 0 Å². The molecular formula is C14H23LiSi. The second-order valence-corrected chi connectivity index (χ2v) is 10.6. The van der Waals surface area contributed by atoms with E-state index in [0.717, 1.165) is 0 Å². The van der Waals surface area contributed by atoms with E-state index in [2.05, 4.69) is 71.9 Å². The zero-order chi connectivity index (χ0) is 11.7. The molecule has 1 aromatic rings. The van der Waals surface area contributed by atoms with E-state index in [4.69, 9.17) is 0 Å². The van der Waals surface area contributed by atoms with Gasteiger partial charge in [0.15, 0.2) is 0 Å². The average Bonchev–Trinajstić information content (AvgIpc) is 2.00. The van der Waals surface area contributed by atoms with E-state index in [1.807, 2.05) is 0 Å². The van der Waals surface area contributed by atoms with Crippen molar-refractivity contribution in [2.75, 3.05) is 0 Å². The van der Waals surface area contributed by atoms with Gasteiger partial charge in [0.2, 0.25) is 0 Å². The van der Waals surface area contributed by atoms with E-state index in [1.165, 1.54) is 0 Å². The number of benzene rings is 1. The van der Waals surface area contributed by atoms with Gasteiger partial charge in [-0.1, -0.05) is 71.9 Å². The van der Waals surface area contributed by atoms with Crippen LogP contribution in [0, 0.1) is 0 Å². The number of rotatable bonds is 1. The second kappa shape index (κ2) is 5.58.